The highest BCUT2D eigenvalue weighted by Gasteiger charge is 2.61. The van der Waals surface area contributed by atoms with Crippen molar-refractivity contribution in [3.8, 4) is 11.3 Å². The standard InChI is InChI=1S/C23H23B2F3N4O/c24-23(25,21-16-9-33-10-17(16)21)32-7-11-3-14(4-12(11)8-32)29-20-2-1-19(30-31-20)15-5-13(26)6-18(27)22(15)28/h1-2,5-6,11-12,14,16-17,21H,3-4,7-10H2,(H,29,31)/t11-,12+,14?,16-,17+,21?. The van der Waals surface area contributed by atoms with Crippen LogP contribution in [0.5, 0.6) is 0 Å². The Morgan fingerprint density at radius 2 is 1.70 bits per heavy atom. The highest BCUT2D eigenvalue weighted by molar-refractivity contribution is 6.40. The van der Waals surface area contributed by atoms with Crippen LogP contribution in [0.4, 0.5) is 19.0 Å². The highest BCUT2D eigenvalue weighted by atomic mass is 19.2. The van der Waals surface area contributed by atoms with E-state index in [0.29, 0.717) is 41.5 Å². The maximum Gasteiger partial charge on any atom is 0.168 e. The summed E-state index contributed by atoms with van der Waals surface area (Å²) in [6, 6.07) is 4.83. The van der Waals surface area contributed by atoms with E-state index in [9.17, 15) is 13.2 Å². The fourth-order valence-electron chi connectivity index (χ4n) is 6.37. The molecular formula is C23H23B2F3N4O. The van der Waals surface area contributed by atoms with Crippen molar-refractivity contribution in [3.05, 3.63) is 41.7 Å². The molecule has 2 aliphatic heterocycles. The zero-order valence-corrected chi connectivity index (χ0v) is 18.1. The fourth-order valence-corrected chi connectivity index (χ4v) is 6.37. The molecule has 1 aromatic carbocycles. The maximum absolute atomic E-state index is 14.0. The molecule has 2 aromatic rings. The molecule has 2 saturated carbocycles. The van der Waals surface area contributed by atoms with Gasteiger partial charge >= 0.3 is 0 Å². The summed E-state index contributed by atoms with van der Waals surface area (Å²) in [5.41, 5.74) is -0.173. The van der Waals surface area contributed by atoms with Gasteiger partial charge in [0.15, 0.2) is 11.6 Å². The molecule has 168 valence electrons. The molecule has 4 fully saturated rings. The van der Waals surface area contributed by atoms with E-state index >= 15 is 0 Å². The molecule has 0 amide bonds. The Labute approximate surface area is 193 Å². The Morgan fingerprint density at radius 3 is 2.33 bits per heavy atom. The van der Waals surface area contributed by atoms with Crippen LogP contribution in [0, 0.1) is 47.0 Å². The predicted molar refractivity (Wildman–Crippen MR) is 118 cm³/mol. The van der Waals surface area contributed by atoms with E-state index in [-0.39, 0.29) is 17.3 Å². The second kappa shape index (κ2) is 7.73. The van der Waals surface area contributed by atoms with Gasteiger partial charge in [-0.05, 0) is 66.0 Å². The molecule has 4 aliphatic rings. The number of fused-ring (bicyclic) bond motifs is 2. The zero-order valence-electron chi connectivity index (χ0n) is 18.1. The van der Waals surface area contributed by atoms with Gasteiger partial charge in [0.1, 0.15) is 11.6 Å². The molecule has 33 heavy (non-hydrogen) atoms. The minimum absolute atomic E-state index is 0.0767. The fraction of sp³-hybridized carbons (Fsp3) is 0.565. The van der Waals surface area contributed by atoms with Gasteiger partial charge in [-0.2, -0.15) is 0 Å². The molecule has 6 atom stereocenters. The Hall–Kier alpha value is -2.06. The third-order valence-electron chi connectivity index (χ3n) is 8.07. The largest absolute Gasteiger partial charge is 0.381 e. The topological polar surface area (TPSA) is 50.3 Å². The lowest BCUT2D eigenvalue weighted by atomic mass is 9.56. The van der Waals surface area contributed by atoms with E-state index < -0.39 is 22.8 Å². The number of rotatable bonds is 5. The van der Waals surface area contributed by atoms with Gasteiger partial charge in [-0.25, -0.2) is 13.2 Å². The van der Waals surface area contributed by atoms with E-state index in [1.165, 1.54) is 6.07 Å². The number of hydrogen-bond acceptors (Lipinski definition) is 5. The van der Waals surface area contributed by atoms with Gasteiger partial charge in [-0.15, -0.1) is 10.2 Å². The average molecular weight is 450 g/mol. The summed E-state index contributed by atoms with van der Waals surface area (Å²) in [4.78, 5) is 2.27. The van der Waals surface area contributed by atoms with Crippen LogP contribution in [0.1, 0.15) is 12.8 Å². The molecule has 1 aromatic heterocycles. The van der Waals surface area contributed by atoms with E-state index in [1.54, 1.807) is 6.07 Å². The Morgan fingerprint density at radius 1 is 1.00 bits per heavy atom. The lowest BCUT2D eigenvalue weighted by Gasteiger charge is -2.39. The number of nitrogens with one attached hydrogen (secondary N) is 1. The normalized spacial score (nSPS) is 33.2. The number of aromatic nitrogens is 2. The summed E-state index contributed by atoms with van der Waals surface area (Å²) in [6.45, 7) is 3.33. The number of halogens is 3. The summed E-state index contributed by atoms with van der Waals surface area (Å²) >= 11 is 0. The van der Waals surface area contributed by atoms with Gasteiger partial charge < -0.3 is 15.0 Å². The van der Waals surface area contributed by atoms with Crippen LogP contribution in [-0.2, 0) is 4.74 Å². The number of likely N-dealkylation sites (tertiary alicyclic amines) is 1. The van der Waals surface area contributed by atoms with Crippen molar-refractivity contribution < 1.29 is 17.9 Å². The first-order valence-corrected chi connectivity index (χ1v) is 11.5. The van der Waals surface area contributed by atoms with Crippen LogP contribution in [0.25, 0.3) is 11.3 Å². The molecule has 3 heterocycles. The summed E-state index contributed by atoms with van der Waals surface area (Å²) in [6.07, 6.45) is 1.95. The van der Waals surface area contributed by atoms with Gasteiger partial charge in [0.05, 0.1) is 34.6 Å². The monoisotopic (exact) mass is 450 g/mol. The van der Waals surface area contributed by atoms with Gasteiger partial charge in [0.25, 0.3) is 0 Å². The number of anilines is 1. The van der Waals surface area contributed by atoms with Crippen LogP contribution in [0.15, 0.2) is 24.3 Å². The number of hydrogen-bond donors (Lipinski definition) is 1. The van der Waals surface area contributed by atoms with Gasteiger partial charge in [-0.3, -0.25) is 0 Å². The smallest absolute Gasteiger partial charge is 0.168 e. The third kappa shape index (κ3) is 3.66. The maximum atomic E-state index is 14.0. The summed E-state index contributed by atoms with van der Waals surface area (Å²) in [5.74, 6) is -0.338. The van der Waals surface area contributed by atoms with Crippen molar-refractivity contribution in [3.63, 3.8) is 0 Å². The summed E-state index contributed by atoms with van der Waals surface area (Å²) in [7, 11) is 13.2. The molecule has 2 unspecified atom stereocenters. The second-order valence-electron chi connectivity index (χ2n) is 10.1. The van der Waals surface area contributed by atoms with E-state index in [0.717, 1.165) is 45.2 Å². The van der Waals surface area contributed by atoms with Crippen LogP contribution >= 0.6 is 0 Å². The Kier molecular flexibility index (Phi) is 5.03. The average Bonchev–Trinajstić information content (AvgIpc) is 3.11. The minimum atomic E-state index is -1.25. The van der Waals surface area contributed by atoms with Crippen LogP contribution in [-0.4, -0.2) is 68.5 Å². The first-order chi connectivity index (χ1) is 15.8. The molecular weight excluding hydrogens is 427 g/mol. The summed E-state index contributed by atoms with van der Waals surface area (Å²) < 4.78 is 46.5. The Bertz CT molecular complexity index is 1050. The zero-order chi connectivity index (χ0) is 22.9. The highest BCUT2D eigenvalue weighted by Crippen LogP contribution is 2.57. The third-order valence-corrected chi connectivity index (χ3v) is 8.07. The van der Waals surface area contributed by atoms with Crippen LogP contribution in [0.2, 0.25) is 0 Å². The van der Waals surface area contributed by atoms with Crippen molar-refractivity contribution in [2.75, 3.05) is 31.6 Å². The van der Waals surface area contributed by atoms with E-state index in [1.807, 2.05) is 0 Å². The van der Waals surface area contributed by atoms with E-state index in [2.05, 4.69) is 20.4 Å². The first-order valence-electron chi connectivity index (χ1n) is 11.5. The van der Waals surface area contributed by atoms with Crippen LogP contribution in [0.3, 0.4) is 0 Å². The van der Waals surface area contributed by atoms with Crippen LogP contribution < -0.4 is 5.32 Å². The molecule has 0 spiro atoms. The lowest BCUT2D eigenvalue weighted by molar-refractivity contribution is 0.125. The van der Waals surface area contributed by atoms with Crippen molar-refractivity contribution in [2.45, 2.75) is 24.2 Å². The van der Waals surface area contributed by atoms with Crippen molar-refractivity contribution in [2.24, 2.45) is 29.6 Å². The first kappa shape index (κ1) is 21.5. The quantitative estimate of drug-likeness (QED) is 0.561. The number of ether oxygens (including phenoxy) is 1. The molecule has 6 rings (SSSR count). The Balaban J connectivity index is 1.07. The van der Waals surface area contributed by atoms with Gasteiger partial charge in [-0.1, -0.05) is 0 Å². The molecule has 2 aliphatic carbocycles. The molecule has 4 radical (unpaired) electrons. The SMILES string of the molecule is [B]C([B])(C1[C@H]2COC[C@@H]12)N1C[C@H]2CC(Nc3ccc(-c4cc(F)cc(F)c4F)nn3)C[C@H]2C1. The molecule has 5 nitrogen and oxygen atoms in total. The number of benzene rings is 1. The number of nitrogens with zero attached hydrogens (tertiary/aromatic N) is 3. The minimum Gasteiger partial charge on any atom is -0.381 e. The van der Waals surface area contributed by atoms with Gasteiger partial charge in [0, 0.05) is 30.8 Å². The molecule has 1 N–H and O–H groups in total. The van der Waals surface area contributed by atoms with E-state index in [4.69, 9.17) is 20.4 Å². The predicted octanol–water partition coefficient (Wildman–Crippen LogP) is 2.57. The lowest BCUT2D eigenvalue weighted by Crippen LogP contribution is -2.52. The van der Waals surface area contributed by atoms with Gasteiger partial charge in [0.2, 0.25) is 0 Å². The van der Waals surface area contributed by atoms with Crippen molar-refractivity contribution in [1.29, 1.82) is 0 Å². The molecule has 2 saturated heterocycles. The van der Waals surface area contributed by atoms with Crippen molar-refractivity contribution in [1.82, 2.24) is 15.1 Å². The summed E-state index contributed by atoms with van der Waals surface area (Å²) in [5, 5.41) is 10.7. The molecule has 0 bridgehead atoms. The van der Waals surface area contributed by atoms with Crippen molar-refractivity contribution >= 4 is 21.5 Å². The molecule has 10 heteroatoms. The second-order valence-corrected chi connectivity index (χ2v) is 10.1.